The maximum Gasteiger partial charge on any atom is 0.265 e. The zero-order valence-electron chi connectivity index (χ0n) is 19.0. The lowest BCUT2D eigenvalue weighted by Gasteiger charge is -2.33. The summed E-state index contributed by atoms with van der Waals surface area (Å²) in [4.78, 5) is 37.7. The summed E-state index contributed by atoms with van der Waals surface area (Å²) in [6.07, 6.45) is 1.74. The Labute approximate surface area is 211 Å². The SMILES string of the molecule is Cc1sc(-c2ccccn2)nc1-c1ccc2c(c1)N(C(C)C(=O)Nc1ccccc1Cl)C(=O)CO2. The standard InChI is InChI=1S/C26H21ClN4O3S/c1-15(25(33)29-19-8-4-3-7-18(19)27)31-21-13-17(10-11-22(21)34-14-23(31)32)24-16(2)35-26(30-24)20-9-5-6-12-28-20/h3-13,15H,14H2,1-2H3,(H,29,33). The van der Waals surface area contributed by atoms with E-state index in [1.807, 2.05) is 43.3 Å². The van der Waals surface area contributed by atoms with Gasteiger partial charge < -0.3 is 10.1 Å². The van der Waals surface area contributed by atoms with Crippen molar-refractivity contribution in [1.29, 1.82) is 0 Å². The summed E-state index contributed by atoms with van der Waals surface area (Å²) in [6, 6.07) is 17.4. The maximum absolute atomic E-state index is 13.1. The fourth-order valence-electron chi connectivity index (χ4n) is 3.92. The van der Waals surface area contributed by atoms with Crippen LogP contribution in [0.25, 0.3) is 22.0 Å². The van der Waals surface area contributed by atoms with Crippen LogP contribution in [-0.4, -0.2) is 34.4 Å². The van der Waals surface area contributed by atoms with Crippen LogP contribution in [0.2, 0.25) is 5.02 Å². The lowest BCUT2D eigenvalue weighted by Crippen LogP contribution is -2.49. The first-order valence-corrected chi connectivity index (χ1v) is 12.2. The van der Waals surface area contributed by atoms with Crippen molar-refractivity contribution < 1.29 is 14.3 Å². The number of carbonyl (C=O) groups excluding carboxylic acids is 2. The van der Waals surface area contributed by atoms with Crippen LogP contribution in [0, 0.1) is 6.92 Å². The van der Waals surface area contributed by atoms with Crippen LogP contribution in [0.4, 0.5) is 11.4 Å². The average Bonchev–Trinajstić information content (AvgIpc) is 3.26. The third-order valence-corrected chi connectivity index (χ3v) is 7.01. The van der Waals surface area contributed by atoms with Crippen molar-refractivity contribution in [2.24, 2.45) is 0 Å². The van der Waals surface area contributed by atoms with Gasteiger partial charge >= 0.3 is 0 Å². The molecule has 35 heavy (non-hydrogen) atoms. The largest absolute Gasteiger partial charge is 0.482 e. The van der Waals surface area contributed by atoms with Gasteiger partial charge in [-0.3, -0.25) is 19.5 Å². The summed E-state index contributed by atoms with van der Waals surface area (Å²) in [5.41, 5.74) is 3.43. The predicted octanol–water partition coefficient (Wildman–Crippen LogP) is 5.59. The monoisotopic (exact) mass is 504 g/mol. The number of ether oxygens (including phenoxy) is 1. The molecule has 4 aromatic rings. The number of carbonyl (C=O) groups is 2. The molecule has 1 aliphatic rings. The Hall–Kier alpha value is -3.75. The molecule has 176 valence electrons. The third kappa shape index (κ3) is 4.50. The number of fused-ring (bicyclic) bond motifs is 1. The van der Waals surface area contributed by atoms with Crippen LogP contribution in [0.15, 0.2) is 66.9 Å². The Balaban J connectivity index is 1.48. The molecule has 1 aliphatic heterocycles. The molecule has 2 amide bonds. The van der Waals surface area contributed by atoms with E-state index >= 15 is 0 Å². The van der Waals surface area contributed by atoms with E-state index in [9.17, 15) is 9.59 Å². The van der Waals surface area contributed by atoms with Crippen molar-refractivity contribution in [3.8, 4) is 27.7 Å². The van der Waals surface area contributed by atoms with Crippen molar-refractivity contribution >= 4 is 46.1 Å². The number of benzene rings is 2. The highest BCUT2D eigenvalue weighted by Crippen LogP contribution is 2.39. The Kier molecular flexibility index (Phi) is 6.23. The first-order valence-electron chi connectivity index (χ1n) is 11.0. The van der Waals surface area contributed by atoms with Gasteiger partial charge in [-0.25, -0.2) is 4.98 Å². The van der Waals surface area contributed by atoms with Gasteiger partial charge in [0, 0.05) is 16.6 Å². The fraction of sp³-hybridized carbons (Fsp3) is 0.154. The van der Waals surface area contributed by atoms with Crippen LogP contribution in [0.5, 0.6) is 5.75 Å². The lowest BCUT2D eigenvalue weighted by atomic mass is 10.1. The molecule has 0 spiro atoms. The highest BCUT2D eigenvalue weighted by Gasteiger charge is 2.34. The maximum atomic E-state index is 13.1. The van der Waals surface area contributed by atoms with Gasteiger partial charge in [-0.2, -0.15) is 0 Å². The van der Waals surface area contributed by atoms with Gasteiger partial charge in [-0.1, -0.05) is 29.8 Å². The first-order chi connectivity index (χ1) is 16.9. The summed E-state index contributed by atoms with van der Waals surface area (Å²) < 4.78 is 5.66. The number of aromatic nitrogens is 2. The normalized spacial score (nSPS) is 13.7. The predicted molar refractivity (Wildman–Crippen MR) is 138 cm³/mol. The molecule has 0 bridgehead atoms. The van der Waals surface area contributed by atoms with Gasteiger partial charge in [0.25, 0.3) is 5.91 Å². The van der Waals surface area contributed by atoms with E-state index in [4.69, 9.17) is 21.3 Å². The van der Waals surface area contributed by atoms with E-state index in [-0.39, 0.29) is 18.4 Å². The van der Waals surface area contributed by atoms with Gasteiger partial charge in [0.2, 0.25) is 5.91 Å². The van der Waals surface area contributed by atoms with E-state index in [0.29, 0.717) is 22.1 Å². The van der Waals surface area contributed by atoms with E-state index in [1.54, 1.807) is 48.7 Å². The van der Waals surface area contributed by atoms with Gasteiger partial charge in [-0.05, 0) is 56.3 Å². The molecule has 7 nitrogen and oxygen atoms in total. The van der Waals surface area contributed by atoms with Gasteiger partial charge in [-0.15, -0.1) is 11.3 Å². The van der Waals surface area contributed by atoms with Gasteiger partial charge in [0.15, 0.2) is 6.61 Å². The zero-order chi connectivity index (χ0) is 24.5. The molecule has 0 aliphatic carbocycles. The summed E-state index contributed by atoms with van der Waals surface area (Å²) in [6.45, 7) is 3.53. The molecule has 2 aromatic carbocycles. The Morgan fingerprint density at radius 1 is 1.17 bits per heavy atom. The Morgan fingerprint density at radius 3 is 2.74 bits per heavy atom. The summed E-state index contributed by atoms with van der Waals surface area (Å²) >= 11 is 7.75. The second kappa shape index (κ2) is 9.48. The molecule has 1 N–H and O–H groups in total. The van der Waals surface area contributed by atoms with Crippen LogP contribution in [-0.2, 0) is 9.59 Å². The van der Waals surface area contributed by atoms with Crippen molar-refractivity contribution in [3.05, 3.63) is 76.8 Å². The number of halogens is 1. The number of amides is 2. The van der Waals surface area contributed by atoms with Gasteiger partial charge in [0.1, 0.15) is 16.8 Å². The quantitative estimate of drug-likeness (QED) is 0.383. The number of hydrogen-bond donors (Lipinski definition) is 1. The number of hydrogen-bond acceptors (Lipinski definition) is 6. The second-order valence-electron chi connectivity index (χ2n) is 8.02. The lowest BCUT2D eigenvalue weighted by molar-refractivity contribution is -0.125. The van der Waals surface area contributed by atoms with E-state index in [2.05, 4.69) is 10.3 Å². The first kappa shape index (κ1) is 23.0. The molecule has 1 unspecified atom stereocenters. The molecule has 1 atom stereocenters. The molecule has 5 rings (SSSR count). The number of nitrogens with one attached hydrogen (secondary N) is 1. The molecule has 9 heteroatoms. The van der Waals surface area contributed by atoms with Crippen LogP contribution < -0.4 is 15.0 Å². The highest BCUT2D eigenvalue weighted by molar-refractivity contribution is 7.15. The smallest absolute Gasteiger partial charge is 0.265 e. The number of thiazole rings is 1. The van der Waals surface area contributed by atoms with E-state index in [0.717, 1.165) is 26.8 Å². The molecule has 0 saturated carbocycles. The number of para-hydroxylation sites is 1. The topological polar surface area (TPSA) is 84.4 Å². The highest BCUT2D eigenvalue weighted by atomic mass is 35.5. The summed E-state index contributed by atoms with van der Waals surface area (Å²) in [7, 11) is 0. The molecular weight excluding hydrogens is 484 g/mol. The van der Waals surface area contributed by atoms with Crippen LogP contribution >= 0.6 is 22.9 Å². The van der Waals surface area contributed by atoms with Gasteiger partial charge in [0.05, 0.1) is 27.8 Å². The number of nitrogens with zero attached hydrogens (tertiary/aromatic N) is 3. The van der Waals surface area contributed by atoms with E-state index < -0.39 is 6.04 Å². The Bertz CT molecular complexity index is 1420. The molecule has 0 fully saturated rings. The fourth-order valence-corrected chi connectivity index (χ4v) is 5.02. The number of pyridine rings is 1. The minimum absolute atomic E-state index is 0.143. The number of anilines is 2. The second-order valence-corrected chi connectivity index (χ2v) is 9.63. The van der Waals surface area contributed by atoms with Crippen LogP contribution in [0.3, 0.4) is 0 Å². The minimum atomic E-state index is -0.794. The van der Waals surface area contributed by atoms with Crippen molar-refractivity contribution in [3.63, 3.8) is 0 Å². The summed E-state index contributed by atoms with van der Waals surface area (Å²) in [5.74, 6) is -0.129. The molecular formula is C26H21ClN4O3S. The van der Waals surface area contributed by atoms with Crippen molar-refractivity contribution in [1.82, 2.24) is 9.97 Å². The third-order valence-electron chi connectivity index (χ3n) is 5.69. The van der Waals surface area contributed by atoms with Crippen molar-refractivity contribution in [2.75, 3.05) is 16.8 Å². The number of aryl methyl sites for hydroxylation is 1. The van der Waals surface area contributed by atoms with Crippen LogP contribution in [0.1, 0.15) is 11.8 Å². The average molecular weight is 505 g/mol. The Morgan fingerprint density at radius 2 is 1.97 bits per heavy atom. The molecule has 3 heterocycles. The van der Waals surface area contributed by atoms with E-state index in [1.165, 1.54) is 4.90 Å². The number of rotatable bonds is 5. The minimum Gasteiger partial charge on any atom is -0.482 e. The zero-order valence-corrected chi connectivity index (χ0v) is 20.6. The molecule has 0 saturated heterocycles. The molecule has 2 aromatic heterocycles. The summed E-state index contributed by atoms with van der Waals surface area (Å²) in [5, 5.41) is 4.05. The van der Waals surface area contributed by atoms with Crippen molar-refractivity contribution in [2.45, 2.75) is 19.9 Å². The molecule has 0 radical (unpaired) electrons.